The normalized spacial score (nSPS) is 15.0. The molecule has 3 heteroatoms. The van der Waals surface area contributed by atoms with Crippen molar-refractivity contribution in [3.63, 3.8) is 0 Å². The van der Waals surface area contributed by atoms with Gasteiger partial charge in [-0.05, 0) is 59.9 Å². The molecule has 0 amide bonds. The van der Waals surface area contributed by atoms with Crippen LogP contribution in [-0.2, 0) is 37.7 Å². The summed E-state index contributed by atoms with van der Waals surface area (Å²) in [6.45, 7) is 6.34. The van der Waals surface area contributed by atoms with E-state index in [1.54, 1.807) is 16.7 Å². The van der Waals surface area contributed by atoms with Gasteiger partial charge in [-0.2, -0.15) is 0 Å². The molecule has 2 aromatic carbocycles. The number of allylic oxidation sites excluding steroid dienone is 5. The average Bonchev–Trinajstić information content (AvgIpc) is 3.33. The summed E-state index contributed by atoms with van der Waals surface area (Å²) in [6, 6.07) is 15.9. The predicted octanol–water partition coefficient (Wildman–Crippen LogP) is 7.99. The molecule has 4 rings (SSSR count). The minimum absolute atomic E-state index is 0. The molecule has 0 bridgehead atoms. The van der Waals surface area contributed by atoms with Gasteiger partial charge in [-0.25, -0.2) is 0 Å². The Morgan fingerprint density at radius 3 is 2.45 bits per heavy atom. The zero-order valence-corrected chi connectivity index (χ0v) is 22.3. The van der Waals surface area contributed by atoms with Crippen molar-refractivity contribution in [3.05, 3.63) is 95.6 Å². The maximum Gasteiger partial charge on any atom is 0.0174 e. The molecule has 2 aromatic rings. The van der Waals surface area contributed by atoms with Crippen LogP contribution in [0.5, 0.6) is 0 Å². The summed E-state index contributed by atoms with van der Waals surface area (Å²) >= 11 is 0. The number of hydrogen-bond acceptors (Lipinski definition) is 0. The van der Waals surface area contributed by atoms with Crippen LogP contribution in [0.25, 0.3) is 11.1 Å². The van der Waals surface area contributed by atoms with Gasteiger partial charge in [0.05, 0.1) is 0 Å². The summed E-state index contributed by atoms with van der Waals surface area (Å²) < 4.78 is 0. The minimum atomic E-state index is 0. The van der Waals surface area contributed by atoms with Gasteiger partial charge >= 0.3 is 0 Å². The Labute approximate surface area is 207 Å². The van der Waals surface area contributed by atoms with Crippen molar-refractivity contribution < 1.29 is 25.8 Å². The van der Waals surface area contributed by atoms with Crippen molar-refractivity contribution in [2.45, 2.75) is 50.9 Å². The smallest absolute Gasteiger partial charge is 0.0174 e. The molecular formula is C26H30Cl2Hf. The molecule has 0 heterocycles. The molecule has 0 saturated carbocycles. The first-order valence-corrected chi connectivity index (χ1v) is 9.98. The van der Waals surface area contributed by atoms with Gasteiger partial charge in [0.1, 0.15) is 0 Å². The van der Waals surface area contributed by atoms with Crippen molar-refractivity contribution in [2.24, 2.45) is 0 Å². The number of halogens is 2. The second-order valence-electron chi connectivity index (χ2n) is 7.65. The van der Waals surface area contributed by atoms with Gasteiger partial charge in [-0.15, -0.1) is 31.4 Å². The molecule has 0 aromatic heterocycles. The Balaban J connectivity index is 0.00000140. The van der Waals surface area contributed by atoms with Crippen molar-refractivity contribution in [3.8, 4) is 11.1 Å². The summed E-state index contributed by atoms with van der Waals surface area (Å²) in [5.41, 5.74) is 9.19. The van der Waals surface area contributed by atoms with E-state index in [0.717, 1.165) is 25.7 Å². The van der Waals surface area contributed by atoms with Crippen LogP contribution in [0, 0.1) is 0 Å². The molecule has 0 N–H and O–H groups in total. The number of benzene rings is 2. The molecule has 0 fully saturated rings. The Hall–Kier alpha value is -0.890. The standard InChI is InChI=1S/C26H28.2ClH.Hf/c1-3-5-18-26(17-4-2,21-12-7-8-13-21)25-16-10-15-23-22-14-9-6-11-20(22)19-24(23)25;;;/h3,6-12,14-16H,1,4-5,13,17-19H2,2H3;2*1H;. The summed E-state index contributed by atoms with van der Waals surface area (Å²) in [7, 11) is 0. The van der Waals surface area contributed by atoms with E-state index in [1.807, 2.05) is 0 Å². The SMILES string of the molecule is C=CCCC(CCC)(C1=CC=CC1)c1cccc2c1Cc1ccccc1-2.Cl.Cl.[Hf]. The quantitative estimate of drug-likeness (QED) is 0.193. The van der Waals surface area contributed by atoms with Crippen LogP contribution in [0.4, 0.5) is 0 Å². The summed E-state index contributed by atoms with van der Waals surface area (Å²) in [6.07, 6.45) is 15.8. The Kier molecular flexibility index (Phi) is 10.4. The molecule has 1 atom stereocenters. The summed E-state index contributed by atoms with van der Waals surface area (Å²) in [4.78, 5) is 0. The second kappa shape index (κ2) is 11.5. The van der Waals surface area contributed by atoms with Crippen LogP contribution in [0.1, 0.15) is 55.7 Å². The molecule has 1 unspecified atom stereocenters. The number of fused-ring (bicyclic) bond motifs is 3. The molecule has 2 aliphatic carbocycles. The van der Waals surface area contributed by atoms with E-state index in [4.69, 9.17) is 0 Å². The van der Waals surface area contributed by atoms with Gasteiger partial charge in [0.15, 0.2) is 0 Å². The van der Waals surface area contributed by atoms with Gasteiger partial charge in [0.25, 0.3) is 0 Å². The molecule has 152 valence electrons. The van der Waals surface area contributed by atoms with Crippen molar-refractivity contribution in [1.82, 2.24) is 0 Å². The topological polar surface area (TPSA) is 0 Å². The summed E-state index contributed by atoms with van der Waals surface area (Å²) in [5.74, 6) is 0. The van der Waals surface area contributed by atoms with E-state index in [1.165, 1.54) is 29.5 Å². The van der Waals surface area contributed by atoms with Gasteiger partial charge in [-0.3, -0.25) is 0 Å². The molecule has 29 heavy (non-hydrogen) atoms. The van der Waals surface area contributed by atoms with Gasteiger partial charge in [-0.1, -0.05) is 85.7 Å². The average molecular weight is 592 g/mol. The molecule has 0 nitrogen and oxygen atoms in total. The zero-order valence-electron chi connectivity index (χ0n) is 17.1. The van der Waals surface area contributed by atoms with Crippen molar-refractivity contribution in [2.75, 3.05) is 0 Å². The third kappa shape index (κ3) is 4.73. The molecule has 0 saturated heterocycles. The van der Waals surface area contributed by atoms with Crippen LogP contribution in [-0.4, -0.2) is 0 Å². The van der Waals surface area contributed by atoms with Crippen LogP contribution in [0.3, 0.4) is 0 Å². The van der Waals surface area contributed by atoms with Crippen LogP contribution < -0.4 is 0 Å². The number of hydrogen-bond donors (Lipinski definition) is 0. The molecule has 0 radical (unpaired) electrons. The Morgan fingerprint density at radius 2 is 1.76 bits per heavy atom. The van der Waals surface area contributed by atoms with Crippen LogP contribution in [0.15, 0.2) is 78.9 Å². The fraction of sp³-hybridized carbons (Fsp3) is 0.308. The largest absolute Gasteiger partial charge is 0.147 e. The first-order valence-electron chi connectivity index (χ1n) is 9.98. The van der Waals surface area contributed by atoms with Crippen LogP contribution >= 0.6 is 24.8 Å². The Bertz CT molecular complexity index is 897. The van der Waals surface area contributed by atoms with E-state index in [9.17, 15) is 0 Å². The van der Waals surface area contributed by atoms with Gasteiger partial charge in [0, 0.05) is 31.3 Å². The molecular weight excluding hydrogens is 562 g/mol. The summed E-state index contributed by atoms with van der Waals surface area (Å²) in [5, 5.41) is 0. The first kappa shape index (κ1) is 26.1. The van der Waals surface area contributed by atoms with Crippen LogP contribution in [0.2, 0.25) is 0 Å². The maximum atomic E-state index is 4.01. The third-order valence-corrected chi connectivity index (χ3v) is 6.20. The van der Waals surface area contributed by atoms with Gasteiger partial charge < -0.3 is 0 Å². The Morgan fingerprint density at radius 1 is 1.00 bits per heavy atom. The molecule has 2 aliphatic rings. The second-order valence-corrected chi connectivity index (χ2v) is 7.65. The zero-order chi connectivity index (χ0) is 18.0. The molecule has 0 spiro atoms. The maximum absolute atomic E-state index is 4.01. The van der Waals surface area contributed by atoms with Gasteiger partial charge in [0.2, 0.25) is 0 Å². The van der Waals surface area contributed by atoms with E-state index >= 15 is 0 Å². The van der Waals surface area contributed by atoms with E-state index < -0.39 is 0 Å². The molecule has 0 aliphatic heterocycles. The minimum Gasteiger partial charge on any atom is -0.147 e. The third-order valence-electron chi connectivity index (χ3n) is 6.20. The first-order chi connectivity index (χ1) is 12.8. The van der Waals surface area contributed by atoms with E-state index in [2.05, 4.69) is 80.3 Å². The fourth-order valence-electron chi connectivity index (χ4n) is 5.07. The fourth-order valence-corrected chi connectivity index (χ4v) is 5.07. The van der Waals surface area contributed by atoms with E-state index in [0.29, 0.717) is 0 Å². The van der Waals surface area contributed by atoms with E-state index in [-0.39, 0.29) is 56.1 Å². The predicted molar refractivity (Wildman–Crippen MR) is 127 cm³/mol. The monoisotopic (exact) mass is 592 g/mol. The van der Waals surface area contributed by atoms with Crippen molar-refractivity contribution >= 4 is 24.8 Å². The van der Waals surface area contributed by atoms with Crippen molar-refractivity contribution in [1.29, 1.82) is 0 Å². The number of rotatable bonds is 7.